The summed E-state index contributed by atoms with van der Waals surface area (Å²) in [6.07, 6.45) is 0. The summed E-state index contributed by atoms with van der Waals surface area (Å²) in [5.41, 5.74) is -0.0368. The van der Waals surface area contributed by atoms with Gasteiger partial charge in [0.25, 0.3) is 11.5 Å². The largest absolute Gasteiger partial charge is 0.477 e. The third-order valence-electron chi connectivity index (χ3n) is 12.5. The first-order chi connectivity index (χ1) is 32.0. The molecule has 0 bridgehead atoms. The molecule has 2 atom stereocenters. The van der Waals surface area contributed by atoms with Gasteiger partial charge in [-0.15, -0.1) is 4.73 Å². The first kappa shape index (κ1) is 45.4. The van der Waals surface area contributed by atoms with Gasteiger partial charge in [-0.05, 0) is 50.2 Å². The predicted molar refractivity (Wildman–Crippen MR) is 243 cm³/mol. The summed E-state index contributed by atoms with van der Waals surface area (Å²) in [6, 6.07) is 11.7. The standard InChI is InChI=1S/C25H22FN5O6S.C18H19FN4O5S/c1-13-30-18-11-19(16(26)10-15(18)21(32)20(24(34)35)23(30)38-13)28-8-6-27(7-9-28)12-29-22(33)14-4-2-3-5-17(14)31(37)25(29)36;1-9-23-12-7-13(22-4-2-21(3-5-22)8-14(24)20-28)11(19)6-10(12)16(25)15(18(26)27)17(23)29-9/h2-5,10-11,13,37H,6-9,12H2,1H3,(H,34,35);6-7,9,28H,2-5,8H2,1H3,(H,20,24)(H,26,27). The lowest BCUT2D eigenvalue weighted by molar-refractivity contribution is -0.130. The molecule has 10 rings (SSSR count). The van der Waals surface area contributed by atoms with E-state index >= 15 is 4.39 Å². The number of hydrogen-bond acceptors (Lipinski definition) is 15. The molecule has 5 N–H and O–H groups in total. The number of thioether (sulfide) groups is 2. The van der Waals surface area contributed by atoms with Crippen molar-refractivity contribution in [3.63, 3.8) is 0 Å². The van der Waals surface area contributed by atoms with Gasteiger partial charge in [0.05, 0.1) is 67.3 Å². The average molecular weight is 962 g/mol. The number of nitrogens with zero attached hydrogens (tertiary/aromatic N) is 8. The van der Waals surface area contributed by atoms with Gasteiger partial charge in [0.15, 0.2) is 0 Å². The summed E-state index contributed by atoms with van der Waals surface area (Å²) in [7, 11) is 0. The molecule has 0 radical (unpaired) electrons. The number of aromatic carboxylic acids is 2. The Hall–Kier alpha value is -6.73. The van der Waals surface area contributed by atoms with Crippen LogP contribution in [0, 0.1) is 11.6 Å². The molecule has 0 spiro atoms. The van der Waals surface area contributed by atoms with Crippen LogP contribution in [0.5, 0.6) is 0 Å². The molecule has 4 aliphatic heterocycles. The molecule has 7 heterocycles. The van der Waals surface area contributed by atoms with Crippen molar-refractivity contribution in [1.29, 1.82) is 0 Å². The number of halogens is 2. The van der Waals surface area contributed by atoms with Crippen LogP contribution in [-0.4, -0.2) is 126 Å². The fourth-order valence-electron chi connectivity index (χ4n) is 9.06. The molecular formula is C43H41F2N9O11S2. The molecule has 2 saturated heterocycles. The maximum absolute atomic E-state index is 15.2. The van der Waals surface area contributed by atoms with Crippen LogP contribution in [0.25, 0.3) is 32.7 Å². The van der Waals surface area contributed by atoms with E-state index in [1.807, 2.05) is 33.4 Å². The summed E-state index contributed by atoms with van der Waals surface area (Å²) in [6.45, 7) is 7.32. The van der Waals surface area contributed by atoms with Gasteiger partial charge in [-0.3, -0.25) is 34.2 Å². The number of aromatic nitrogens is 4. The van der Waals surface area contributed by atoms with E-state index < -0.39 is 51.6 Å². The number of fused-ring (bicyclic) bond motifs is 7. The van der Waals surface area contributed by atoms with Crippen LogP contribution in [0.15, 0.2) is 77.8 Å². The van der Waals surface area contributed by atoms with Crippen LogP contribution in [0.4, 0.5) is 20.2 Å². The van der Waals surface area contributed by atoms with Crippen LogP contribution in [0.2, 0.25) is 0 Å². The number of anilines is 2. The molecule has 2 fully saturated rings. The molecular weight excluding hydrogens is 921 g/mol. The number of piperazine rings is 2. The van der Waals surface area contributed by atoms with Gasteiger partial charge in [0.1, 0.15) is 22.8 Å². The third-order valence-corrected chi connectivity index (χ3v) is 14.8. The molecule has 0 aliphatic carbocycles. The van der Waals surface area contributed by atoms with Crippen molar-refractivity contribution in [2.45, 2.75) is 41.3 Å². The van der Waals surface area contributed by atoms with Gasteiger partial charge < -0.3 is 34.4 Å². The lowest BCUT2D eigenvalue weighted by Crippen LogP contribution is -2.51. The molecule has 6 aromatic rings. The van der Waals surface area contributed by atoms with E-state index in [1.54, 1.807) is 44.9 Å². The normalized spacial score (nSPS) is 18.2. The highest BCUT2D eigenvalue weighted by molar-refractivity contribution is 8.00. The maximum Gasteiger partial charge on any atom is 0.365 e. The Balaban J connectivity index is 0.000000174. The highest BCUT2D eigenvalue weighted by Crippen LogP contribution is 2.48. The molecule has 350 valence electrons. The summed E-state index contributed by atoms with van der Waals surface area (Å²) in [5, 5.41) is 38.7. The lowest BCUT2D eigenvalue weighted by Gasteiger charge is -2.37. The van der Waals surface area contributed by atoms with E-state index in [2.05, 4.69) is 0 Å². The number of carbonyl (C=O) groups is 3. The Bertz CT molecular complexity index is 3340. The number of nitrogens with one attached hydrogen (secondary N) is 1. The van der Waals surface area contributed by atoms with Crippen molar-refractivity contribution >= 4 is 85.5 Å². The molecule has 67 heavy (non-hydrogen) atoms. The maximum atomic E-state index is 15.2. The van der Waals surface area contributed by atoms with E-state index in [1.165, 1.54) is 29.6 Å². The summed E-state index contributed by atoms with van der Waals surface area (Å²) in [5.74, 6) is -4.37. The van der Waals surface area contributed by atoms with Crippen molar-refractivity contribution in [1.82, 2.24) is 33.7 Å². The molecule has 3 aromatic carbocycles. The molecule has 2 unspecified atom stereocenters. The first-order valence-electron chi connectivity index (χ1n) is 20.9. The number of benzene rings is 3. The number of pyridine rings is 2. The second kappa shape index (κ2) is 17.5. The van der Waals surface area contributed by atoms with Gasteiger partial charge in [-0.2, -0.15) is 0 Å². The minimum Gasteiger partial charge on any atom is -0.477 e. The average Bonchev–Trinajstić information content (AvgIpc) is 3.30. The first-order valence-corrected chi connectivity index (χ1v) is 22.7. The lowest BCUT2D eigenvalue weighted by atomic mass is 10.1. The minimum absolute atomic E-state index is 0.0224. The summed E-state index contributed by atoms with van der Waals surface area (Å²) in [4.78, 5) is 92.9. The molecule has 4 aliphatic rings. The van der Waals surface area contributed by atoms with Crippen molar-refractivity contribution in [2.24, 2.45) is 0 Å². The van der Waals surface area contributed by atoms with Gasteiger partial charge in [-0.1, -0.05) is 35.7 Å². The van der Waals surface area contributed by atoms with Gasteiger partial charge in [0.2, 0.25) is 10.9 Å². The number of carbonyl (C=O) groups excluding carboxylic acids is 1. The van der Waals surface area contributed by atoms with Gasteiger partial charge >= 0.3 is 17.6 Å². The Morgan fingerprint density at radius 3 is 1.58 bits per heavy atom. The monoisotopic (exact) mass is 961 g/mol. The smallest absolute Gasteiger partial charge is 0.365 e. The van der Waals surface area contributed by atoms with Crippen LogP contribution in [-0.2, 0) is 11.5 Å². The van der Waals surface area contributed by atoms with Crippen LogP contribution < -0.4 is 37.4 Å². The third kappa shape index (κ3) is 7.76. The number of rotatable bonds is 8. The van der Waals surface area contributed by atoms with E-state index in [0.717, 1.165) is 16.7 Å². The Kier molecular flexibility index (Phi) is 11.9. The Morgan fingerprint density at radius 2 is 1.13 bits per heavy atom. The minimum atomic E-state index is -1.33. The highest BCUT2D eigenvalue weighted by atomic mass is 32.2. The quantitative estimate of drug-likeness (QED) is 0.0836. The Morgan fingerprint density at radius 1 is 0.672 bits per heavy atom. The van der Waals surface area contributed by atoms with Crippen molar-refractivity contribution in [3.05, 3.63) is 113 Å². The number of carboxylic acid groups (broad SMARTS) is 2. The fourth-order valence-corrected chi connectivity index (χ4v) is 11.4. The molecule has 20 nitrogen and oxygen atoms in total. The van der Waals surface area contributed by atoms with Crippen LogP contribution in [0.3, 0.4) is 0 Å². The van der Waals surface area contributed by atoms with E-state index in [4.69, 9.17) is 5.21 Å². The zero-order valence-corrected chi connectivity index (χ0v) is 37.3. The summed E-state index contributed by atoms with van der Waals surface area (Å²) >= 11 is 2.59. The second-order valence-corrected chi connectivity index (χ2v) is 18.9. The van der Waals surface area contributed by atoms with Crippen molar-refractivity contribution < 1.29 is 43.8 Å². The molecule has 1 amide bonds. The molecule has 0 saturated carbocycles. The Labute approximate surface area is 384 Å². The van der Waals surface area contributed by atoms with E-state index in [0.29, 0.717) is 89.5 Å². The van der Waals surface area contributed by atoms with Gasteiger partial charge in [-0.25, -0.2) is 33.2 Å². The van der Waals surface area contributed by atoms with Crippen LogP contribution in [0.1, 0.15) is 45.3 Å². The topological polar surface area (TPSA) is 245 Å². The SMILES string of the molecule is CC1Sc2c(C(=O)O)c(=O)c3cc(F)c(N4CCN(CC(=O)NO)CC4)cc3n21.CC1Sc2c(C(=O)O)c(=O)c3cc(F)c(N4CCN(Cn5c(=O)c6ccccc6n(O)c5=O)CC4)cc3n21. The molecule has 3 aromatic heterocycles. The predicted octanol–water partition coefficient (Wildman–Crippen LogP) is 3.05. The van der Waals surface area contributed by atoms with Crippen molar-refractivity contribution in [3.8, 4) is 0 Å². The second-order valence-electron chi connectivity index (χ2n) is 16.3. The number of hydrogen-bond donors (Lipinski definition) is 5. The zero-order chi connectivity index (χ0) is 47.7. The summed E-state index contributed by atoms with van der Waals surface area (Å²) < 4.78 is 35.0. The number of hydroxylamine groups is 1. The highest BCUT2D eigenvalue weighted by Gasteiger charge is 2.35. The van der Waals surface area contributed by atoms with E-state index in [-0.39, 0.29) is 56.8 Å². The number of carboxylic acids is 2. The van der Waals surface area contributed by atoms with E-state index in [9.17, 15) is 53.4 Å². The van der Waals surface area contributed by atoms with Crippen LogP contribution >= 0.6 is 23.5 Å². The number of amides is 1. The number of para-hydroxylation sites is 1. The fraction of sp³-hybridized carbons (Fsp3) is 0.326. The van der Waals surface area contributed by atoms with Crippen molar-refractivity contribution in [2.75, 3.05) is 68.7 Å². The van der Waals surface area contributed by atoms with Gasteiger partial charge in [0, 0.05) is 63.1 Å². The molecule has 24 heteroatoms. The zero-order valence-electron chi connectivity index (χ0n) is 35.6.